The lowest BCUT2D eigenvalue weighted by Crippen LogP contribution is -2.36. The van der Waals surface area contributed by atoms with Crippen molar-refractivity contribution in [1.82, 2.24) is 5.32 Å². The molecule has 0 bridgehead atoms. The first-order valence-corrected chi connectivity index (χ1v) is 4.75. The number of alkyl halides is 1. The van der Waals surface area contributed by atoms with Crippen LogP contribution in [-0.2, 0) is 0 Å². The topological polar surface area (TPSA) is 12.0 Å². The summed E-state index contributed by atoms with van der Waals surface area (Å²) in [6, 6.07) is 0. The van der Waals surface area contributed by atoms with Gasteiger partial charge < -0.3 is 5.32 Å². The molecule has 0 aromatic carbocycles. The summed E-state index contributed by atoms with van der Waals surface area (Å²) in [5, 5.41) is 4.24. The number of nitrogens with one attached hydrogen (secondary N) is 1. The van der Waals surface area contributed by atoms with E-state index in [0.29, 0.717) is 10.6 Å². The molecule has 1 aliphatic rings. The molecule has 1 heterocycles. The van der Waals surface area contributed by atoms with Crippen LogP contribution in [0.25, 0.3) is 0 Å². The summed E-state index contributed by atoms with van der Waals surface area (Å²) in [4.78, 5) is 0. The van der Waals surface area contributed by atoms with Gasteiger partial charge in [-0.05, 0) is 6.92 Å². The third-order valence-electron chi connectivity index (χ3n) is 1.47. The quantitative estimate of drug-likeness (QED) is 0.589. The predicted octanol–water partition coefficient (Wildman–Crippen LogP) is 1.32. The minimum absolute atomic E-state index is 0.308. The van der Waals surface area contributed by atoms with Crippen molar-refractivity contribution < 1.29 is 0 Å². The van der Waals surface area contributed by atoms with Crippen molar-refractivity contribution in [3.05, 3.63) is 0 Å². The van der Waals surface area contributed by atoms with Crippen LogP contribution in [0, 0.1) is 0 Å². The summed E-state index contributed by atoms with van der Waals surface area (Å²) in [6.45, 7) is 4.28. The van der Waals surface area contributed by atoms with Crippen molar-refractivity contribution in [2.24, 2.45) is 0 Å². The molecule has 0 spiro atoms. The Morgan fingerprint density at radius 3 is 2.89 bits per heavy atom. The third-order valence-corrected chi connectivity index (χ3v) is 3.37. The number of hydrogen-bond acceptors (Lipinski definition) is 2. The van der Waals surface area contributed by atoms with Crippen LogP contribution in [0.4, 0.5) is 0 Å². The largest absolute Gasteiger partial charge is 0.315 e. The average Bonchev–Trinajstić information content (AvgIpc) is 1.90. The monoisotopic (exact) mass is 165 g/mol. The van der Waals surface area contributed by atoms with E-state index in [1.54, 1.807) is 0 Å². The second-order valence-corrected chi connectivity index (χ2v) is 4.33. The van der Waals surface area contributed by atoms with Gasteiger partial charge in [-0.3, -0.25) is 0 Å². The van der Waals surface area contributed by atoms with Gasteiger partial charge in [-0.15, -0.1) is 11.6 Å². The summed E-state index contributed by atoms with van der Waals surface area (Å²) in [5.74, 6) is 1.21. The van der Waals surface area contributed by atoms with Gasteiger partial charge in [0, 0.05) is 29.5 Å². The minimum Gasteiger partial charge on any atom is -0.315 e. The Hall–Kier alpha value is 0.600. The van der Waals surface area contributed by atoms with Crippen LogP contribution in [0.1, 0.15) is 6.92 Å². The maximum absolute atomic E-state index is 5.90. The Bertz CT molecular complexity index is 81.1. The van der Waals surface area contributed by atoms with Gasteiger partial charge in [0.1, 0.15) is 0 Å². The number of hydrogen-bond donors (Lipinski definition) is 1. The second-order valence-electron chi connectivity index (χ2n) is 2.29. The fourth-order valence-electron chi connectivity index (χ4n) is 0.881. The summed E-state index contributed by atoms with van der Waals surface area (Å²) in [7, 11) is 0. The average molecular weight is 166 g/mol. The van der Waals surface area contributed by atoms with Crippen molar-refractivity contribution >= 4 is 23.4 Å². The molecule has 9 heavy (non-hydrogen) atoms. The van der Waals surface area contributed by atoms with Crippen molar-refractivity contribution in [3.8, 4) is 0 Å². The maximum atomic E-state index is 5.90. The first kappa shape index (κ1) is 7.70. The van der Waals surface area contributed by atoms with E-state index >= 15 is 0 Å². The SMILES string of the molecule is CC(Cl)C1CNCCS1. The van der Waals surface area contributed by atoms with Crippen molar-refractivity contribution in [1.29, 1.82) is 0 Å². The molecule has 0 amide bonds. The smallest absolute Gasteiger partial charge is 0.0438 e. The van der Waals surface area contributed by atoms with Gasteiger partial charge in [0.25, 0.3) is 0 Å². The molecule has 1 aliphatic heterocycles. The molecular formula is C6H12ClNS. The van der Waals surface area contributed by atoms with E-state index in [1.807, 2.05) is 11.8 Å². The van der Waals surface area contributed by atoms with Crippen LogP contribution in [0.2, 0.25) is 0 Å². The Kier molecular flexibility index (Phi) is 3.16. The van der Waals surface area contributed by atoms with Gasteiger partial charge in [0.05, 0.1) is 0 Å². The summed E-state index contributed by atoms with van der Waals surface area (Å²) in [6.07, 6.45) is 0. The van der Waals surface area contributed by atoms with E-state index < -0.39 is 0 Å². The molecule has 54 valence electrons. The summed E-state index contributed by atoms with van der Waals surface area (Å²) in [5.41, 5.74) is 0. The van der Waals surface area contributed by atoms with Gasteiger partial charge in [0.15, 0.2) is 0 Å². The zero-order chi connectivity index (χ0) is 6.69. The fourth-order valence-corrected chi connectivity index (χ4v) is 2.25. The molecule has 1 fully saturated rings. The van der Waals surface area contributed by atoms with Crippen molar-refractivity contribution in [3.63, 3.8) is 0 Å². The molecule has 0 aliphatic carbocycles. The van der Waals surface area contributed by atoms with Gasteiger partial charge in [0.2, 0.25) is 0 Å². The Labute approximate surface area is 65.5 Å². The van der Waals surface area contributed by atoms with E-state index in [4.69, 9.17) is 11.6 Å². The zero-order valence-corrected chi connectivity index (χ0v) is 7.13. The number of halogens is 1. The highest BCUT2D eigenvalue weighted by atomic mass is 35.5. The van der Waals surface area contributed by atoms with Crippen molar-refractivity contribution in [2.75, 3.05) is 18.8 Å². The Morgan fingerprint density at radius 1 is 1.78 bits per heavy atom. The lowest BCUT2D eigenvalue weighted by Gasteiger charge is -2.23. The summed E-state index contributed by atoms with van der Waals surface area (Å²) < 4.78 is 0. The first-order valence-electron chi connectivity index (χ1n) is 3.27. The Balaban J connectivity index is 2.23. The van der Waals surface area contributed by atoms with Crippen LogP contribution >= 0.6 is 23.4 Å². The van der Waals surface area contributed by atoms with E-state index in [-0.39, 0.29) is 0 Å². The molecular weight excluding hydrogens is 154 g/mol. The maximum Gasteiger partial charge on any atom is 0.0438 e. The third kappa shape index (κ3) is 2.36. The van der Waals surface area contributed by atoms with Crippen molar-refractivity contribution in [2.45, 2.75) is 17.6 Å². The van der Waals surface area contributed by atoms with Gasteiger partial charge >= 0.3 is 0 Å². The lowest BCUT2D eigenvalue weighted by molar-refractivity contribution is 0.661. The van der Waals surface area contributed by atoms with E-state index in [0.717, 1.165) is 13.1 Å². The van der Waals surface area contributed by atoms with Gasteiger partial charge in [-0.2, -0.15) is 11.8 Å². The molecule has 1 N–H and O–H groups in total. The second kappa shape index (κ2) is 3.69. The lowest BCUT2D eigenvalue weighted by atomic mass is 10.3. The molecule has 0 aromatic heterocycles. The van der Waals surface area contributed by atoms with Crippen LogP contribution in [0.3, 0.4) is 0 Å². The molecule has 3 heteroatoms. The van der Waals surface area contributed by atoms with E-state index in [2.05, 4.69) is 12.2 Å². The number of rotatable bonds is 1. The molecule has 0 saturated carbocycles. The highest BCUT2D eigenvalue weighted by molar-refractivity contribution is 8.00. The predicted molar refractivity (Wildman–Crippen MR) is 44.4 cm³/mol. The molecule has 0 radical (unpaired) electrons. The molecule has 1 nitrogen and oxygen atoms in total. The van der Waals surface area contributed by atoms with E-state index in [9.17, 15) is 0 Å². The minimum atomic E-state index is 0.308. The highest BCUT2D eigenvalue weighted by Crippen LogP contribution is 2.19. The van der Waals surface area contributed by atoms with Crippen LogP contribution in [-0.4, -0.2) is 29.5 Å². The fraction of sp³-hybridized carbons (Fsp3) is 1.00. The zero-order valence-electron chi connectivity index (χ0n) is 5.56. The van der Waals surface area contributed by atoms with Crippen LogP contribution < -0.4 is 5.32 Å². The van der Waals surface area contributed by atoms with Crippen LogP contribution in [0.15, 0.2) is 0 Å². The summed E-state index contributed by atoms with van der Waals surface area (Å²) >= 11 is 7.87. The molecule has 1 rings (SSSR count). The highest BCUT2D eigenvalue weighted by Gasteiger charge is 2.17. The molecule has 0 aromatic rings. The van der Waals surface area contributed by atoms with E-state index in [1.165, 1.54) is 5.75 Å². The standard InChI is InChI=1S/C6H12ClNS/c1-5(7)6-4-8-2-3-9-6/h5-6,8H,2-4H2,1H3. The Morgan fingerprint density at radius 2 is 2.56 bits per heavy atom. The molecule has 2 atom stereocenters. The number of thioether (sulfide) groups is 1. The molecule has 2 unspecified atom stereocenters. The first-order chi connectivity index (χ1) is 4.30. The van der Waals surface area contributed by atoms with Gasteiger partial charge in [-0.1, -0.05) is 0 Å². The molecule has 1 saturated heterocycles. The van der Waals surface area contributed by atoms with Crippen LogP contribution in [0.5, 0.6) is 0 Å². The van der Waals surface area contributed by atoms with Gasteiger partial charge in [-0.25, -0.2) is 0 Å². The normalized spacial score (nSPS) is 32.0.